The number of methoxy groups -OCH3 is 1. The molecule has 5 aromatic rings. The molecule has 0 aliphatic rings. The first-order chi connectivity index (χ1) is 19.4. The van der Waals surface area contributed by atoms with E-state index in [0.717, 1.165) is 11.1 Å². The Morgan fingerprint density at radius 3 is 2.58 bits per heavy atom. The van der Waals surface area contributed by atoms with Gasteiger partial charge in [-0.25, -0.2) is 0 Å². The van der Waals surface area contributed by atoms with E-state index in [4.69, 9.17) is 9.72 Å². The average Bonchev–Trinajstić information content (AvgIpc) is 3.63. The summed E-state index contributed by atoms with van der Waals surface area (Å²) in [6.45, 7) is 0. The molecule has 3 aromatic carbocycles. The van der Waals surface area contributed by atoms with Crippen molar-refractivity contribution >= 4 is 62.2 Å². The van der Waals surface area contributed by atoms with E-state index in [1.54, 1.807) is 35.9 Å². The van der Waals surface area contributed by atoms with Gasteiger partial charge in [0.05, 0.1) is 0 Å². The van der Waals surface area contributed by atoms with Crippen LogP contribution < -0.4 is 14.9 Å². The molecule has 40 heavy (non-hydrogen) atoms. The second-order valence-corrected chi connectivity index (χ2v) is 12.6. The summed E-state index contributed by atoms with van der Waals surface area (Å²) in [6, 6.07) is 20.6. The number of thiazole rings is 1. The van der Waals surface area contributed by atoms with Gasteiger partial charge in [-0.15, -0.1) is 0 Å². The van der Waals surface area contributed by atoms with Gasteiger partial charge in [-0.2, -0.15) is 0 Å². The SMILES string of the molecule is COc1cc(C=NNc2nc(-c3ccccc3)c(N=Nc3ccc(S(=O)(=O)Nc4nccs4)cc3)[se]2)ccc1O. The van der Waals surface area contributed by atoms with Gasteiger partial charge in [0.2, 0.25) is 0 Å². The Hall–Kier alpha value is -4.36. The van der Waals surface area contributed by atoms with E-state index >= 15 is 0 Å². The van der Waals surface area contributed by atoms with E-state index in [1.165, 1.54) is 42.8 Å². The molecule has 0 spiro atoms. The van der Waals surface area contributed by atoms with Crippen LogP contribution in [0.25, 0.3) is 11.3 Å². The molecule has 0 atom stereocenters. The molecule has 0 radical (unpaired) electrons. The van der Waals surface area contributed by atoms with Crippen LogP contribution in [-0.4, -0.2) is 51.3 Å². The van der Waals surface area contributed by atoms with Gasteiger partial charge in [-0.05, 0) is 0 Å². The Labute approximate surface area is 239 Å². The van der Waals surface area contributed by atoms with E-state index in [-0.39, 0.29) is 25.1 Å². The van der Waals surface area contributed by atoms with Crippen LogP contribution in [0.15, 0.2) is 105 Å². The third-order valence-corrected chi connectivity index (χ3v) is 9.24. The molecule has 14 heteroatoms. The number of sulfonamides is 1. The summed E-state index contributed by atoms with van der Waals surface area (Å²) < 4.78 is 34.1. The predicted molar refractivity (Wildman–Crippen MR) is 156 cm³/mol. The van der Waals surface area contributed by atoms with Gasteiger partial charge in [0.15, 0.2) is 0 Å². The van der Waals surface area contributed by atoms with Crippen LogP contribution >= 0.6 is 11.3 Å². The number of nitrogens with zero attached hydrogens (tertiary/aromatic N) is 5. The van der Waals surface area contributed by atoms with Crippen molar-refractivity contribution in [2.75, 3.05) is 17.3 Å². The molecule has 0 fully saturated rings. The first kappa shape index (κ1) is 27.2. The minimum absolute atomic E-state index is 0.0476. The normalized spacial score (nSPS) is 11.7. The fourth-order valence-electron chi connectivity index (χ4n) is 3.39. The van der Waals surface area contributed by atoms with E-state index in [0.29, 0.717) is 31.5 Å². The Morgan fingerprint density at radius 1 is 1.05 bits per heavy atom. The molecule has 202 valence electrons. The number of aromatic nitrogens is 2. The van der Waals surface area contributed by atoms with Gasteiger partial charge in [0.25, 0.3) is 0 Å². The molecule has 0 saturated carbocycles. The van der Waals surface area contributed by atoms with Gasteiger partial charge < -0.3 is 0 Å². The Balaban J connectivity index is 1.35. The van der Waals surface area contributed by atoms with Gasteiger partial charge in [-0.3, -0.25) is 0 Å². The number of aromatic hydroxyl groups is 1. The van der Waals surface area contributed by atoms with Gasteiger partial charge in [0, 0.05) is 0 Å². The minimum atomic E-state index is -3.76. The van der Waals surface area contributed by atoms with Crippen molar-refractivity contribution < 1.29 is 18.3 Å². The van der Waals surface area contributed by atoms with Crippen molar-refractivity contribution in [1.29, 1.82) is 0 Å². The Morgan fingerprint density at radius 2 is 1.85 bits per heavy atom. The van der Waals surface area contributed by atoms with Crippen molar-refractivity contribution in [1.82, 2.24) is 9.97 Å². The van der Waals surface area contributed by atoms with Gasteiger partial charge in [-0.1, -0.05) is 0 Å². The van der Waals surface area contributed by atoms with Crippen molar-refractivity contribution in [3.8, 4) is 22.8 Å². The Bertz CT molecular complexity index is 1760. The van der Waals surface area contributed by atoms with Gasteiger partial charge in [0.1, 0.15) is 0 Å². The molecule has 0 amide bonds. The van der Waals surface area contributed by atoms with Crippen molar-refractivity contribution in [3.05, 3.63) is 89.9 Å². The number of hydrogen-bond acceptors (Lipinski definition) is 11. The van der Waals surface area contributed by atoms with Crippen molar-refractivity contribution in [3.63, 3.8) is 0 Å². The van der Waals surface area contributed by atoms with Gasteiger partial charge >= 0.3 is 241 Å². The number of phenolic OH excluding ortho intramolecular Hbond substituents is 1. The van der Waals surface area contributed by atoms with E-state index in [2.05, 4.69) is 30.5 Å². The van der Waals surface area contributed by atoms with Crippen LogP contribution in [0.1, 0.15) is 5.56 Å². The zero-order chi connectivity index (χ0) is 28.0. The van der Waals surface area contributed by atoms with Crippen molar-refractivity contribution in [2.24, 2.45) is 15.3 Å². The second kappa shape index (κ2) is 12.2. The summed E-state index contributed by atoms with van der Waals surface area (Å²) in [5.74, 6) is 0.398. The molecule has 5 rings (SSSR count). The number of ether oxygens (including phenoxy) is 1. The number of benzene rings is 3. The molecule has 0 aliphatic carbocycles. The number of hydrogen-bond donors (Lipinski definition) is 3. The number of rotatable bonds is 10. The molecule has 0 saturated heterocycles. The van der Waals surface area contributed by atoms with Crippen LogP contribution in [-0.2, 0) is 10.0 Å². The fourth-order valence-corrected chi connectivity index (χ4v) is 6.77. The summed E-state index contributed by atoms with van der Waals surface area (Å²) >= 11 is 0.877. The van der Waals surface area contributed by atoms with E-state index in [1.807, 2.05) is 30.3 Å². The summed E-state index contributed by atoms with van der Waals surface area (Å²) in [5, 5.41) is 24.8. The predicted octanol–water partition coefficient (Wildman–Crippen LogP) is 5.64. The molecular weight excluding hydrogens is 617 g/mol. The average molecular weight is 639 g/mol. The summed E-state index contributed by atoms with van der Waals surface area (Å²) in [4.78, 5) is 8.75. The number of nitrogens with one attached hydrogen (secondary N) is 2. The van der Waals surface area contributed by atoms with Crippen LogP contribution in [0.4, 0.5) is 20.1 Å². The first-order valence-corrected chi connectivity index (χ1v) is 15.7. The molecule has 0 aliphatic heterocycles. The fraction of sp³-hybridized carbons (Fsp3) is 0.0385. The van der Waals surface area contributed by atoms with E-state index in [9.17, 15) is 13.5 Å². The maximum absolute atomic E-state index is 12.6. The van der Waals surface area contributed by atoms with Crippen molar-refractivity contribution in [2.45, 2.75) is 4.90 Å². The number of hydrazone groups is 1. The molecular formula is C26H21N7O4S2Se. The number of anilines is 2. The quantitative estimate of drug-likeness (QED) is 0.0776. The third kappa shape index (κ3) is 6.61. The summed E-state index contributed by atoms with van der Waals surface area (Å²) in [7, 11) is -2.28. The van der Waals surface area contributed by atoms with Crippen LogP contribution in [0.3, 0.4) is 0 Å². The zero-order valence-corrected chi connectivity index (χ0v) is 24.1. The molecule has 2 heterocycles. The van der Waals surface area contributed by atoms with Crippen LogP contribution in [0.5, 0.6) is 11.5 Å². The maximum atomic E-state index is 12.6. The van der Waals surface area contributed by atoms with E-state index < -0.39 is 10.0 Å². The monoisotopic (exact) mass is 639 g/mol. The zero-order valence-electron chi connectivity index (χ0n) is 20.8. The summed E-state index contributed by atoms with van der Waals surface area (Å²) in [6.07, 6.45) is 3.13. The number of phenols is 1. The molecule has 0 unspecified atom stereocenters. The standard InChI is InChI=1S/C26H21N7O4S2Se/c1-37-22-15-17(7-12-21(22)34)16-28-32-26-29-23(18-5-3-2-4-6-18)24(40-26)31-30-19-8-10-20(11-9-19)39(35,36)33-25-27-13-14-38-25/h2-16,34H,1H3,(H,27,33)(H,29,32). The van der Waals surface area contributed by atoms with Crippen LogP contribution in [0, 0.1) is 0 Å². The van der Waals surface area contributed by atoms with Crippen LogP contribution in [0.2, 0.25) is 0 Å². The second-order valence-electron chi connectivity index (χ2n) is 7.98. The first-order valence-electron chi connectivity index (χ1n) is 11.6. The number of azo groups is 1. The Kier molecular flexibility index (Phi) is 8.31. The topological polar surface area (TPSA) is 151 Å². The molecule has 0 bridgehead atoms. The summed E-state index contributed by atoms with van der Waals surface area (Å²) in [5.41, 5.74) is 5.77. The third-order valence-electron chi connectivity index (χ3n) is 5.29. The molecule has 2 aromatic heterocycles. The molecule has 11 nitrogen and oxygen atoms in total. The molecule has 3 N–H and O–H groups in total.